The molecular weight excluding hydrogens is 222 g/mol. The lowest BCUT2D eigenvalue weighted by Gasteiger charge is -2.10. The Kier molecular flexibility index (Phi) is 4.45. The standard InChI is InChI=1S/C11H15N3O3/c1-7-4-3-5-9(13-7)6-12-11(17)14-8(2)10(15)16/h3-5,8H,6H2,1-2H3,(H,15,16)(H2,12,14,17)/t8-/m1/s1. The van der Waals surface area contributed by atoms with Crippen LogP contribution in [0, 0.1) is 6.92 Å². The summed E-state index contributed by atoms with van der Waals surface area (Å²) < 4.78 is 0. The summed E-state index contributed by atoms with van der Waals surface area (Å²) in [7, 11) is 0. The zero-order chi connectivity index (χ0) is 12.8. The minimum absolute atomic E-state index is 0.264. The molecule has 1 rings (SSSR count). The fourth-order valence-corrected chi connectivity index (χ4v) is 1.18. The summed E-state index contributed by atoms with van der Waals surface area (Å²) in [6.07, 6.45) is 0. The second-order valence-electron chi connectivity index (χ2n) is 3.66. The number of urea groups is 1. The predicted octanol–water partition coefficient (Wildman–Crippen LogP) is 0.662. The van der Waals surface area contributed by atoms with Gasteiger partial charge >= 0.3 is 12.0 Å². The highest BCUT2D eigenvalue weighted by Gasteiger charge is 2.13. The van der Waals surface area contributed by atoms with E-state index >= 15 is 0 Å². The molecule has 6 heteroatoms. The van der Waals surface area contributed by atoms with Crippen molar-refractivity contribution in [2.45, 2.75) is 26.4 Å². The minimum atomic E-state index is -1.08. The van der Waals surface area contributed by atoms with Crippen LogP contribution in [0.5, 0.6) is 0 Å². The maximum Gasteiger partial charge on any atom is 0.325 e. The van der Waals surface area contributed by atoms with Crippen molar-refractivity contribution in [1.29, 1.82) is 0 Å². The lowest BCUT2D eigenvalue weighted by atomic mass is 10.3. The van der Waals surface area contributed by atoms with Gasteiger partial charge in [-0.15, -0.1) is 0 Å². The smallest absolute Gasteiger partial charge is 0.325 e. The van der Waals surface area contributed by atoms with Gasteiger partial charge in [-0.25, -0.2) is 4.79 Å². The molecule has 0 fully saturated rings. The number of aliphatic carboxylic acids is 1. The van der Waals surface area contributed by atoms with E-state index in [4.69, 9.17) is 5.11 Å². The molecule has 0 spiro atoms. The highest BCUT2D eigenvalue weighted by Crippen LogP contribution is 1.97. The largest absolute Gasteiger partial charge is 0.480 e. The van der Waals surface area contributed by atoms with Crippen molar-refractivity contribution in [2.24, 2.45) is 0 Å². The molecule has 1 heterocycles. The highest BCUT2D eigenvalue weighted by molar-refractivity contribution is 5.82. The summed E-state index contributed by atoms with van der Waals surface area (Å²) in [5, 5.41) is 13.4. The topological polar surface area (TPSA) is 91.3 Å². The molecule has 0 radical (unpaired) electrons. The van der Waals surface area contributed by atoms with Crippen LogP contribution in [0.15, 0.2) is 18.2 Å². The quantitative estimate of drug-likeness (QED) is 0.717. The summed E-state index contributed by atoms with van der Waals surface area (Å²) in [5.74, 6) is -1.08. The molecule has 17 heavy (non-hydrogen) atoms. The minimum Gasteiger partial charge on any atom is -0.480 e. The maximum absolute atomic E-state index is 11.3. The van der Waals surface area contributed by atoms with E-state index in [2.05, 4.69) is 15.6 Å². The van der Waals surface area contributed by atoms with E-state index in [0.717, 1.165) is 11.4 Å². The van der Waals surface area contributed by atoms with Gasteiger partial charge in [0.05, 0.1) is 12.2 Å². The number of nitrogens with one attached hydrogen (secondary N) is 2. The first-order chi connectivity index (χ1) is 7.99. The van der Waals surface area contributed by atoms with Gasteiger partial charge in [0, 0.05) is 5.69 Å². The fraction of sp³-hybridized carbons (Fsp3) is 0.364. The first kappa shape index (κ1) is 13.0. The third kappa shape index (κ3) is 4.50. The number of amides is 2. The molecule has 1 atom stereocenters. The summed E-state index contributed by atoms with van der Waals surface area (Å²) in [6.45, 7) is 3.52. The van der Waals surface area contributed by atoms with Crippen LogP contribution in [0.25, 0.3) is 0 Å². The fourth-order valence-electron chi connectivity index (χ4n) is 1.18. The molecule has 0 aliphatic rings. The Morgan fingerprint density at radius 2 is 2.18 bits per heavy atom. The number of aromatic nitrogens is 1. The lowest BCUT2D eigenvalue weighted by molar-refractivity contribution is -0.138. The number of carboxylic acids is 1. The van der Waals surface area contributed by atoms with Gasteiger partial charge in [-0.1, -0.05) is 6.07 Å². The van der Waals surface area contributed by atoms with Crippen LogP contribution in [0.4, 0.5) is 4.79 Å². The average Bonchev–Trinajstić information content (AvgIpc) is 2.26. The Morgan fingerprint density at radius 1 is 1.47 bits per heavy atom. The molecule has 0 saturated carbocycles. The number of carboxylic acid groups (broad SMARTS) is 1. The summed E-state index contributed by atoms with van der Waals surface area (Å²) in [6, 6.07) is 4.05. The summed E-state index contributed by atoms with van der Waals surface area (Å²) >= 11 is 0. The van der Waals surface area contributed by atoms with E-state index in [9.17, 15) is 9.59 Å². The SMILES string of the molecule is Cc1cccc(CNC(=O)N[C@H](C)C(=O)O)n1. The van der Waals surface area contributed by atoms with Gasteiger partial charge in [-0.05, 0) is 26.0 Å². The van der Waals surface area contributed by atoms with E-state index in [0.29, 0.717) is 0 Å². The predicted molar refractivity (Wildman–Crippen MR) is 61.4 cm³/mol. The third-order valence-electron chi connectivity index (χ3n) is 2.09. The molecule has 0 unspecified atom stereocenters. The molecule has 1 aromatic heterocycles. The number of nitrogens with zero attached hydrogens (tertiary/aromatic N) is 1. The normalized spacial score (nSPS) is 11.6. The van der Waals surface area contributed by atoms with Gasteiger partial charge in [0.2, 0.25) is 0 Å². The zero-order valence-corrected chi connectivity index (χ0v) is 9.73. The van der Waals surface area contributed by atoms with Crippen molar-refractivity contribution in [3.8, 4) is 0 Å². The van der Waals surface area contributed by atoms with Crippen molar-refractivity contribution in [3.63, 3.8) is 0 Å². The van der Waals surface area contributed by atoms with Crippen LogP contribution >= 0.6 is 0 Å². The Balaban J connectivity index is 2.41. The Bertz CT molecular complexity index is 420. The van der Waals surface area contributed by atoms with E-state index in [-0.39, 0.29) is 6.54 Å². The number of rotatable bonds is 4. The first-order valence-corrected chi connectivity index (χ1v) is 5.18. The van der Waals surface area contributed by atoms with Crippen LogP contribution in [0.1, 0.15) is 18.3 Å². The molecule has 2 amide bonds. The molecule has 3 N–H and O–H groups in total. The Hall–Kier alpha value is -2.11. The number of carbonyl (C=O) groups excluding carboxylic acids is 1. The van der Waals surface area contributed by atoms with Gasteiger partial charge in [0.1, 0.15) is 6.04 Å². The Morgan fingerprint density at radius 3 is 2.76 bits per heavy atom. The zero-order valence-electron chi connectivity index (χ0n) is 9.73. The number of pyridine rings is 1. The molecule has 0 saturated heterocycles. The number of carbonyl (C=O) groups is 2. The molecule has 0 aromatic carbocycles. The van der Waals surface area contributed by atoms with Gasteiger partial charge < -0.3 is 15.7 Å². The third-order valence-corrected chi connectivity index (χ3v) is 2.09. The molecule has 0 aliphatic carbocycles. The molecule has 0 bridgehead atoms. The van der Waals surface area contributed by atoms with E-state index in [1.165, 1.54) is 6.92 Å². The van der Waals surface area contributed by atoms with Crippen LogP contribution in [0.2, 0.25) is 0 Å². The highest BCUT2D eigenvalue weighted by atomic mass is 16.4. The molecular formula is C11H15N3O3. The van der Waals surface area contributed by atoms with Crippen molar-refractivity contribution in [1.82, 2.24) is 15.6 Å². The van der Waals surface area contributed by atoms with E-state index in [1.54, 1.807) is 6.07 Å². The maximum atomic E-state index is 11.3. The van der Waals surface area contributed by atoms with Gasteiger partial charge in [0.15, 0.2) is 0 Å². The lowest BCUT2D eigenvalue weighted by Crippen LogP contribution is -2.44. The number of hydrogen-bond donors (Lipinski definition) is 3. The van der Waals surface area contributed by atoms with Crippen LogP contribution < -0.4 is 10.6 Å². The van der Waals surface area contributed by atoms with Crippen molar-refractivity contribution < 1.29 is 14.7 Å². The Labute approximate surface area is 99.1 Å². The first-order valence-electron chi connectivity index (χ1n) is 5.18. The van der Waals surface area contributed by atoms with Gasteiger partial charge in [0.25, 0.3) is 0 Å². The molecule has 92 valence electrons. The van der Waals surface area contributed by atoms with Crippen molar-refractivity contribution in [3.05, 3.63) is 29.6 Å². The molecule has 0 aliphatic heterocycles. The van der Waals surface area contributed by atoms with E-state index in [1.807, 2.05) is 19.1 Å². The van der Waals surface area contributed by atoms with Gasteiger partial charge in [-0.3, -0.25) is 9.78 Å². The number of aryl methyl sites for hydroxylation is 1. The van der Waals surface area contributed by atoms with Crippen molar-refractivity contribution in [2.75, 3.05) is 0 Å². The van der Waals surface area contributed by atoms with Gasteiger partial charge in [-0.2, -0.15) is 0 Å². The summed E-state index contributed by atoms with van der Waals surface area (Å²) in [4.78, 5) is 26.0. The number of hydrogen-bond acceptors (Lipinski definition) is 3. The molecule has 6 nitrogen and oxygen atoms in total. The molecule has 1 aromatic rings. The average molecular weight is 237 g/mol. The van der Waals surface area contributed by atoms with Crippen LogP contribution in [-0.4, -0.2) is 28.1 Å². The second-order valence-corrected chi connectivity index (χ2v) is 3.66. The van der Waals surface area contributed by atoms with Crippen LogP contribution in [0.3, 0.4) is 0 Å². The van der Waals surface area contributed by atoms with E-state index < -0.39 is 18.0 Å². The monoisotopic (exact) mass is 237 g/mol. The van der Waals surface area contributed by atoms with Crippen LogP contribution in [-0.2, 0) is 11.3 Å². The second kappa shape index (κ2) is 5.83. The summed E-state index contributed by atoms with van der Waals surface area (Å²) in [5.41, 5.74) is 1.59. The van der Waals surface area contributed by atoms with Crippen molar-refractivity contribution >= 4 is 12.0 Å².